The van der Waals surface area contributed by atoms with Crippen LogP contribution < -0.4 is 4.74 Å². The molecule has 0 saturated carbocycles. The largest absolute Gasteiger partial charge is 0.463 e. The number of hydrogen-bond acceptors (Lipinski definition) is 4. The highest BCUT2D eigenvalue weighted by atomic mass is 35.5. The maximum atomic E-state index is 5.65. The van der Waals surface area contributed by atoms with Gasteiger partial charge in [-0.05, 0) is 29.6 Å². The molecule has 19 heavy (non-hydrogen) atoms. The Morgan fingerprint density at radius 2 is 1.32 bits per heavy atom. The number of rotatable bonds is 10. The summed E-state index contributed by atoms with van der Waals surface area (Å²) in [5.41, 5.74) is 0. The Bertz CT molecular complexity index is 343. The average molecular weight is 306 g/mol. The summed E-state index contributed by atoms with van der Waals surface area (Å²) in [6.07, 6.45) is 10.1. The van der Waals surface area contributed by atoms with Gasteiger partial charge in [0.2, 0.25) is 10.6 Å². The number of aromatic nitrogens is 3. The maximum Gasteiger partial charge on any atom is 0.322 e. The summed E-state index contributed by atoms with van der Waals surface area (Å²) in [4.78, 5) is 11.3. The van der Waals surface area contributed by atoms with Crippen LogP contribution >= 0.6 is 23.2 Å². The van der Waals surface area contributed by atoms with Crippen LogP contribution in [0.15, 0.2) is 0 Å². The molecule has 4 nitrogen and oxygen atoms in total. The minimum Gasteiger partial charge on any atom is -0.463 e. The molecule has 0 atom stereocenters. The summed E-state index contributed by atoms with van der Waals surface area (Å²) in [6, 6.07) is 0.202. The molecule has 0 unspecified atom stereocenters. The maximum absolute atomic E-state index is 5.65. The van der Waals surface area contributed by atoms with Crippen molar-refractivity contribution < 1.29 is 4.74 Å². The van der Waals surface area contributed by atoms with E-state index >= 15 is 0 Å². The Balaban J connectivity index is 2.01. The van der Waals surface area contributed by atoms with E-state index in [1.165, 1.54) is 44.9 Å². The average Bonchev–Trinajstić information content (AvgIpc) is 2.36. The van der Waals surface area contributed by atoms with Gasteiger partial charge in [-0.2, -0.15) is 15.0 Å². The zero-order chi connectivity index (χ0) is 13.9. The van der Waals surface area contributed by atoms with Gasteiger partial charge in [0.1, 0.15) is 0 Å². The molecular weight excluding hydrogens is 285 g/mol. The van der Waals surface area contributed by atoms with E-state index < -0.39 is 0 Å². The number of ether oxygens (including phenoxy) is 1. The van der Waals surface area contributed by atoms with Crippen LogP contribution in [0.5, 0.6) is 6.01 Å². The van der Waals surface area contributed by atoms with Crippen molar-refractivity contribution in [2.75, 3.05) is 6.61 Å². The smallest absolute Gasteiger partial charge is 0.322 e. The molecule has 0 aliphatic heterocycles. The first-order valence-corrected chi connectivity index (χ1v) is 7.68. The van der Waals surface area contributed by atoms with E-state index in [0.717, 1.165) is 6.42 Å². The molecule has 1 aromatic rings. The molecule has 0 saturated heterocycles. The monoisotopic (exact) mass is 305 g/mol. The minimum atomic E-state index is 0.0610. The fourth-order valence-electron chi connectivity index (χ4n) is 1.77. The second-order valence-electron chi connectivity index (χ2n) is 4.48. The molecule has 0 fully saturated rings. The highest BCUT2D eigenvalue weighted by Crippen LogP contribution is 2.12. The Hall–Kier alpha value is -0.610. The van der Waals surface area contributed by atoms with Crippen LogP contribution in [-0.4, -0.2) is 21.6 Å². The van der Waals surface area contributed by atoms with Gasteiger partial charge in [-0.15, -0.1) is 0 Å². The zero-order valence-electron chi connectivity index (χ0n) is 11.4. The van der Waals surface area contributed by atoms with Crippen molar-refractivity contribution in [2.45, 2.75) is 58.3 Å². The summed E-state index contributed by atoms with van der Waals surface area (Å²) in [5.74, 6) is 0. The van der Waals surface area contributed by atoms with Gasteiger partial charge in [0.15, 0.2) is 0 Å². The van der Waals surface area contributed by atoms with E-state index in [-0.39, 0.29) is 16.6 Å². The van der Waals surface area contributed by atoms with Gasteiger partial charge < -0.3 is 4.74 Å². The second-order valence-corrected chi connectivity index (χ2v) is 5.16. The van der Waals surface area contributed by atoms with Crippen molar-refractivity contribution in [1.82, 2.24) is 15.0 Å². The summed E-state index contributed by atoms with van der Waals surface area (Å²) < 4.78 is 5.38. The summed E-state index contributed by atoms with van der Waals surface area (Å²) in [7, 11) is 0. The predicted molar refractivity (Wildman–Crippen MR) is 78.0 cm³/mol. The normalized spacial score (nSPS) is 10.7. The van der Waals surface area contributed by atoms with Crippen LogP contribution in [0.3, 0.4) is 0 Å². The fourth-order valence-corrected chi connectivity index (χ4v) is 2.12. The van der Waals surface area contributed by atoms with Crippen LogP contribution in [0.1, 0.15) is 58.3 Å². The lowest BCUT2D eigenvalue weighted by Gasteiger charge is -2.04. The van der Waals surface area contributed by atoms with E-state index in [0.29, 0.717) is 6.61 Å². The number of hydrogen-bond donors (Lipinski definition) is 0. The summed E-state index contributed by atoms with van der Waals surface area (Å²) in [5, 5.41) is 0.122. The molecule has 0 aliphatic rings. The van der Waals surface area contributed by atoms with E-state index in [4.69, 9.17) is 27.9 Å². The molecular formula is C13H21Cl2N3O. The fraction of sp³-hybridized carbons (Fsp3) is 0.769. The van der Waals surface area contributed by atoms with Gasteiger partial charge >= 0.3 is 6.01 Å². The van der Waals surface area contributed by atoms with Crippen LogP contribution in [-0.2, 0) is 0 Å². The first-order valence-electron chi connectivity index (χ1n) is 6.92. The molecule has 108 valence electrons. The van der Waals surface area contributed by atoms with Crippen LogP contribution in [0.2, 0.25) is 10.6 Å². The highest BCUT2D eigenvalue weighted by molar-refractivity contribution is 6.31. The molecule has 0 N–H and O–H groups in total. The predicted octanol–water partition coefficient (Wildman–Crippen LogP) is 4.70. The van der Waals surface area contributed by atoms with Crippen molar-refractivity contribution in [1.29, 1.82) is 0 Å². The number of unbranched alkanes of at least 4 members (excludes halogenated alkanes) is 7. The van der Waals surface area contributed by atoms with Crippen LogP contribution in [0.25, 0.3) is 0 Å². The minimum absolute atomic E-state index is 0.0610. The van der Waals surface area contributed by atoms with Gasteiger partial charge in [0.25, 0.3) is 0 Å². The lowest BCUT2D eigenvalue weighted by atomic mass is 10.1. The van der Waals surface area contributed by atoms with Gasteiger partial charge in [-0.3, -0.25) is 0 Å². The molecule has 0 bridgehead atoms. The van der Waals surface area contributed by atoms with Gasteiger partial charge in [-0.25, -0.2) is 0 Å². The molecule has 0 amide bonds. The molecule has 0 radical (unpaired) electrons. The molecule has 6 heteroatoms. The SMILES string of the molecule is CCCCCCCCCCOc1nc(Cl)nc(Cl)n1. The number of halogens is 2. The van der Waals surface area contributed by atoms with Gasteiger partial charge in [0, 0.05) is 0 Å². The van der Waals surface area contributed by atoms with E-state index in [9.17, 15) is 0 Å². The third-order valence-corrected chi connectivity index (χ3v) is 3.13. The highest BCUT2D eigenvalue weighted by Gasteiger charge is 2.03. The van der Waals surface area contributed by atoms with Crippen molar-refractivity contribution in [3.8, 4) is 6.01 Å². The lowest BCUT2D eigenvalue weighted by Crippen LogP contribution is -2.02. The Labute approximate surface area is 124 Å². The second kappa shape index (κ2) is 10.2. The van der Waals surface area contributed by atoms with E-state index in [1.807, 2.05) is 0 Å². The summed E-state index contributed by atoms with van der Waals surface area (Å²) >= 11 is 11.3. The van der Waals surface area contributed by atoms with Crippen molar-refractivity contribution in [2.24, 2.45) is 0 Å². The van der Waals surface area contributed by atoms with Gasteiger partial charge in [-0.1, -0.05) is 51.9 Å². The van der Waals surface area contributed by atoms with Crippen LogP contribution in [0, 0.1) is 0 Å². The van der Waals surface area contributed by atoms with Crippen molar-refractivity contribution >= 4 is 23.2 Å². The Morgan fingerprint density at radius 3 is 1.89 bits per heavy atom. The standard InChI is InChI=1S/C13H21Cl2N3O/c1-2-3-4-5-6-7-8-9-10-19-13-17-11(14)16-12(15)18-13/h2-10H2,1H3. The molecule has 1 heterocycles. The first kappa shape index (κ1) is 16.4. The third-order valence-electron chi connectivity index (χ3n) is 2.79. The van der Waals surface area contributed by atoms with E-state index in [1.54, 1.807) is 0 Å². The van der Waals surface area contributed by atoms with Crippen molar-refractivity contribution in [3.63, 3.8) is 0 Å². The molecule has 1 rings (SSSR count). The molecule has 1 aromatic heterocycles. The topological polar surface area (TPSA) is 47.9 Å². The Kier molecular flexibility index (Phi) is 8.84. The molecule has 0 aliphatic carbocycles. The molecule has 0 aromatic carbocycles. The van der Waals surface area contributed by atoms with E-state index in [2.05, 4.69) is 21.9 Å². The van der Waals surface area contributed by atoms with Crippen molar-refractivity contribution in [3.05, 3.63) is 10.6 Å². The summed E-state index contributed by atoms with van der Waals surface area (Å²) in [6.45, 7) is 2.82. The Morgan fingerprint density at radius 1 is 0.789 bits per heavy atom. The van der Waals surface area contributed by atoms with Gasteiger partial charge in [0.05, 0.1) is 6.61 Å². The number of nitrogens with zero attached hydrogens (tertiary/aromatic N) is 3. The third kappa shape index (κ3) is 8.22. The lowest BCUT2D eigenvalue weighted by molar-refractivity contribution is 0.280. The van der Waals surface area contributed by atoms with Crippen LogP contribution in [0.4, 0.5) is 0 Å². The molecule has 0 spiro atoms. The quantitative estimate of drug-likeness (QED) is 0.588. The zero-order valence-corrected chi connectivity index (χ0v) is 12.9. The first-order chi connectivity index (χ1) is 9.22.